The van der Waals surface area contributed by atoms with E-state index < -0.39 is 0 Å². The van der Waals surface area contributed by atoms with Gasteiger partial charge in [0.1, 0.15) is 11.3 Å². The molecule has 29 heavy (non-hydrogen) atoms. The van der Waals surface area contributed by atoms with Gasteiger partial charge in [0.05, 0.1) is 23.3 Å². The zero-order valence-electron chi connectivity index (χ0n) is 15.9. The van der Waals surface area contributed by atoms with Crippen LogP contribution in [0.25, 0.3) is 10.3 Å². The van der Waals surface area contributed by atoms with E-state index in [1.54, 1.807) is 35.7 Å². The molecule has 0 radical (unpaired) electrons. The van der Waals surface area contributed by atoms with Crippen LogP contribution in [0.2, 0.25) is 5.02 Å². The van der Waals surface area contributed by atoms with Gasteiger partial charge in [-0.05, 0) is 19.1 Å². The molecule has 0 bridgehead atoms. The number of nitrogen functional groups attached to an aromatic ring is 1. The van der Waals surface area contributed by atoms with Crippen molar-refractivity contribution in [1.29, 1.82) is 0 Å². The van der Waals surface area contributed by atoms with Gasteiger partial charge in [0, 0.05) is 31.7 Å². The number of piperazine rings is 1. The van der Waals surface area contributed by atoms with Crippen LogP contribution in [0.4, 0.5) is 22.2 Å². The van der Waals surface area contributed by atoms with Crippen molar-refractivity contribution in [3.8, 4) is 5.75 Å². The Bertz CT molecular complexity index is 1060. The Hall–Kier alpha value is -2.85. The molecule has 9 nitrogen and oxygen atoms in total. The lowest BCUT2D eigenvalue weighted by Gasteiger charge is -2.40. The van der Waals surface area contributed by atoms with E-state index >= 15 is 0 Å². The molecule has 1 aliphatic heterocycles. The molecule has 1 fully saturated rings. The number of nitrogens with zero attached hydrogens (tertiary/aromatic N) is 5. The van der Waals surface area contributed by atoms with Crippen LogP contribution in [-0.2, 0) is 0 Å². The molecule has 0 spiro atoms. The lowest BCUT2D eigenvalue weighted by atomic mass is 10.2. The number of thiazole rings is 1. The van der Waals surface area contributed by atoms with Crippen LogP contribution in [0, 0.1) is 0 Å². The number of benzene rings is 1. The van der Waals surface area contributed by atoms with Gasteiger partial charge in [-0.1, -0.05) is 11.6 Å². The molecule has 1 atom stereocenters. The molecular weight excluding hydrogens is 414 g/mol. The zero-order chi connectivity index (χ0) is 20.5. The number of anilines is 3. The number of methoxy groups -OCH3 is 1. The van der Waals surface area contributed by atoms with Crippen molar-refractivity contribution in [3.05, 3.63) is 28.7 Å². The largest absolute Gasteiger partial charge is 0.497 e. The van der Waals surface area contributed by atoms with E-state index in [0.717, 1.165) is 10.3 Å². The summed E-state index contributed by atoms with van der Waals surface area (Å²) in [5, 5.41) is 3.29. The average Bonchev–Trinajstić information content (AvgIpc) is 3.17. The summed E-state index contributed by atoms with van der Waals surface area (Å²) in [6, 6.07) is 4.96. The molecule has 2 aromatic heterocycles. The second kappa shape index (κ2) is 7.88. The minimum absolute atomic E-state index is 0.0278. The van der Waals surface area contributed by atoms with Gasteiger partial charge in [-0.25, -0.2) is 14.8 Å². The molecular formula is C18H20ClN7O2S. The molecule has 3 heterocycles. The van der Waals surface area contributed by atoms with Crippen LogP contribution >= 0.6 is 22.9 Å². The Kier molecular flexibility index (Phi) is 5.29. The normalized spacial score (nSPS) is 16.9. The molecule has 3 aromatic rings. The SMILES string of the molecule is COc1ccc(NC(=O)N2CCN(c3nc(N)nc4scnc34)C(C)C2)c(Cl)c1. The number of carbonyl (C=O) groups is 1. The number of nitrogens with one attached hydrogen (secondary N) is 1. The summed E-state index contributed by atoms with van der Waals surface area (Å²) in [4.78, 5) is 30.4. The first-order chi connectivity index (χ1) is 14.0. The molecule has 1 aromatic carbocycles. The monoisotopic (exact) mass is 433 g/mol. The molecule has 11 heteroatoms. The molecule has 4 rings (SSSR count). The number of amides is 2. The van der Waals surface area contributed by atoms with Gasteiger partial charge < -0.3 is 25.6 Å². The van der Waals surface area contributed by atoms with Crippen molar-refractivity contribution < 1.29 is 9.53 Å². The number of rotatable bonds is 3. The van der Waals surface area contributed by atoms with Crippen LogP contribution in [0.5, 0.6) is 5.75 Å². The quantitative estimate of drug-likeness (QED) is 0.653. The van der Waals surface area contributed by atoms with Crippen molar-refractivity contribution in [3.63, 3.8) is 0 Å². The summed E-state index contributed by atoms with van der Waals surface area (Å²) >= 11 is 7.66. The molecule has 152 valence electrons. The third-order valence-electron chi connectivity index (χ3n) is 4.80. The van der Waals surface area contributed by atoms with Crippen molar-refractivity contribution in [2.45, 2.75) is 13.0 Å². The molecule has 0 aliphatic carbocycles. The van der Waals surface area contributed by atoms with Gasteiger partial charge in [0.2, 0.25) is 5.95 Å². The first kappa shape index (κ1) is 19.5. The van der Waals surface area contributed by atoms with E-state index in [-0.39, 0.29) is 18.0 Å². The minimum Gasteiger partial charge on any atom is -0.497 e. The fourth-order valence-corrected chi connectivity index (χ4v) is 4.22. The second-order valence-electron chi connectivity index (χ2n) is 6.68. The number of fused-ring (bicyclic) bond motifs is 1. The highest BCUT2D eigenvalue weighted by molar-refractivity contribution is 7.16. The third kappa shape index (κ3) is 3.85. The van der Waals surface area contributed by atoms with E-state index in [1.807, 2.05) is 6.92 Å². The van der Waals surface area contributed by atoms with Crippen LogP contribution in [0.1, 0.15) is 6.92 Å². The Balaban J connectivity index is 1.47. The topological polar surface area (TPSA) is 110 Å². The first-order valence-electron chi connectivity index (χ1n) is 8.99. The van der Waals surface area contributed by atoms with Gasteiger partial charge in [-0.2, -0.15) is 4.98 Å². The highest BCUT2D eigenvalue weighted by Crippen LogP contribution is 2.30. The molecule has 1 unspecified atom stereocenters. The summed E-state index contributed by atoms with van der Waals surface area (Å²) in [5.41, 5.74) is 8.87. The maximum Gasteiger partial charge on any atom is 0.322 e. The van der Waals surface area contributed by atoms with Crippen molar-refractivity contribution in [2.24, 2.45) is 0 Å². The van der Waals surface area contributed by atoms with Gasteiger partial charge >= 0.3 is 6.03 Å². The van der Waals surface area contributed by atoms with E-state index in [0.29, 0.717) is 41.9 Å². The van der Waals surface area contributed by atoms with E-state index in [2.05, 4.69) is 25.2 Å². The second-order valence-corrected chi connectivity index (χ2v) is 7.92. The van der Waals surface area contributed by atoms with Crippen molar-refractivity contribution in [1.82, 2.24) is 19.9 Å². The number of halogens is 1. The zero-order valence-corrected chi connectivity index (χ0v) is 17.5. The Morgan fingerprint density at radius 2 is 2.21 bits per heavy atom. The Morgan fingerprint density at radius 1 is 1.38 bits per heavy atom. The summed E-state index contributed by atoms with van der Waals surface area (Å²) in [6.07, 6.45) is 0. The Labute approximate surface area is 176 Å². The van der Waals surface area contributed by atoms with Crippen LogP contribution in [0.3, 0.4) is 0 Å². The number of hydrogen-bond acceptors (Lipinski definition) is 8. The van der Waals surface area contributed by atoms with Crippen LogP contribution in [-0.4, -0.2) is 58.7 Å². The third-order valence-corrected chi connectivity index (χ3v) is 5.83. The minimum atomic E-state index is -0.204. The van der Waals surface area contributed by atoms with E-state index in [1.165, 1.54) is 11.3 Å². The fourth-order valence-electron chi connectivity index (χ4n) is 3.34. The molecule has 0 saturated carbocycles. The van der Waals surface area contributed by atoms with Crippen LogP contribution < -0.4 is 20.7 Å². The number of urea groups is 1. The number of ether oxygens (including phenoxy) is 1. The standard InChI is InChI=1S/C18H20ClN7O2S/c1-10-8-25(18(27)22-13-4-3-11(28-2)7-12(13)19)5-6-26(10)15-14-16(29-9-21-14)24-17(20)23-15/h3-4,7,9-10H,5-6,8H2,1-2H3,(H,22,27)(H2,20,23,24). The summed E-state index contributed by atoms with van der Waals surface area (Å²) < 4.78 is 5.14. The first-order valence-corrected chi connectivity index (χ1v) is 10.2. The smallest absolute Gasteiger partial charge is 0.322 e. The Morgan fingerprint density at radius 3 is 2.93 bits per heavy atom. The number of aromatic nitrogens is 3. The predicted octanol–water partition coefficient (Wildman–Crippen LogP) is 3.07. The highest BCUT2D eigenvalue weighted by Gasteiger charge is 2.30. The molecule has 2 amide bonds. The maximum atomic E-state index is 12.7. The number of hydrogen-bond donors (Lipinski definition) is 2. The van der Waals surface area contributed by atoms with Gasteiger partial charge in [0.25, 0.3) is 0 Å². The summed E-state index contributed by atoms with van der Waals surface area (Å²) in [6.45, 7) is 3.69. The number of nitrogens with two attached hydrogens (primary N) is 1. The molecule has 3 N–H and O–H groups in total. The lowest BCUT2D eigenvalue weighted by molar-refractivity contribution is 0.200. The van der Waals surface area contributed by atoms with Gasteiger partial charge in [-0.3, -0.25) is 0 Å². The average molecular weight is 434 g/mol. The maximum absolute atomic E-state index is 12.7. The molecule has 1 aliphatic rings. The van der Waals surface area contributed by atoms with Gasteiger partial charge in [0.15, 0.2) is 10.6 Å². The lowest BCUT2D eigenvalue weighted by Crippen LogP contribution is -2.55. The van der Waals surface area contributed by atoms with Gasteiger partial charge in [-0.15, -0.1) is 11.3 Å². The summed E-state index contributed by atoms with van der Waals surface area (Å²) in [5.74, 6) is 1.56. The molecule has 1 saturated heterocycles. The van der Waals surface area contributed by atoms with Crippen molar-refractivity contribution in [2.75, 3.05) is 42.7 Å². The number of carbonyl (C=O) groups excluding carboxylic acids is 1. The summed E-state index contributed by atoms with van der Waals surface area (Å²) in [7, 11) is 1.56. The van der Waals surface area contributed by atoms with E-state index in [9.17, 15) is 4.79 Å². The van der Waals surface area contributed by atoms with E-state index in [4.69, 9.17) is 22.1 Å². The van der Waals surface area contributed by atoms with Crippen molar-refractivity contribution >= 4 is 56.8 Å². The fraction of sp³-hybridized carbons (Fsp3) is 0.333. The van der Waals surface area contributed by atoms with Crippen LogP contribution in [0.15, 0.2) is 23.7 Å². The predicted molar refractivity (Wildman–Crippen MR) is 115 cm³/mol. The highest BCUT2D eigenvalue weighted by atomic mass is 35.5.